The predicted octanol–water partition coefficient (Wildman–Crippen LogP) is 5.23. The fraction of sp³-hybridized carbons (Fsp3) is 0.167. The monoisotopic (exact) mass is 492 g/mol. The molecule has 0 unspecified atom stereocenters. The van der Waals surface area contributed by atoms with E-state index >= 15 is 0 Å². The fourth-order valence-electron chi connectivity index (χ4n) is 3.43. The summed E-state index contributed by atoms with van der Waals surface area (Å²) in [6, 6.07) is 14.8. The lowest BCUT2D eigenvalue weighted by Gasteiger charge is -2.13. The van der Waals surface area contributed by atoms with E-state index in [2.05, 4.69) is 26.3 Å². The Morgan fingerprint density at radius 2 is 1.84 bits per heavy atom. The van der Waals surface area contributed by atoms with Gasteiger partial charge in [-0.15, -0.1) is 0 Å². The molecule has 0 bridgehead atoms. The summed E-state index contributed by atoms with van der Waals surface area (Å²) in [6.07, 6.45) is 1.38. The molecular weight excluding hydrogens is 472 g/mol. The van der Waals surface area contributed by atoms with Crippen LogP contribution in [0.15, 0.2) is 59.2 Å². The third kappa shape index (κ3) is 4.13. The van der Waals surface area contributed by atoms with Crippen LogP contribution in [0, 0.1) is 13.8 Å². The second kappa shape index (κ2) is 8.92. The van der Waals surface area contributed by atoms with Gasteiger partial charge in [-0.3, -0.25) is 4.79 Å². The van der Waals surface area contributed by atoms with Gasteiger partial charge < -0.3 is 10.1 Å². The minimum Gasteiger partial charge on any atom is -0.462 e. The van der Waals surface area contributed by atoms with Crippen LogP contribution < -0.4 is 5.32 Å². The number of pyridine rings is 1. The molecule has 8 heteroatoms. The van der Waals surface area contributed by atoms with Gasteiger partial charge in [0, 0.05) is 15.4 Å². The minimum absolute atomic E-state index is 0.154. The van der Waals surface area contributed by atoms with Gasteiger partial charge in [0.2, 0.25) is 0 Å². The number of fused-ring (bicyclic) bond motifs is 1. The fourth-order valence-corrected chi connectivity index (χ4v) is 3.70. The molecule has 0 saturated heterocycles. The second-order valence-electron chi connectivity index (χ2n) is 7.27. The number of hydrogen-bond acceptors (Lipinski definition) is 5. The van der Waals surface area contributed by atoms with E-state index in [0.29, 0.717) is 11.4 Å². The SMILES string of the molecule is CCOC(=O)c1cnn(-c2cc(C)c3cccc(C)c3n2)c1NC(=O)c1ccc(Br)cc1. The first kappa shape index (κ1) is 21.7. The Labute approximate surface area is 193 Å². The normalized spacial score (nSPS) is 10.9. The number of rotatable bonds is 5. The van der Waals surface area contributed by atoms with E-state index in [0.717, 1.165) is 26.5 Å². The number of esters is 1. The van der Waals surface area contributed by atoms with E-state index in [4.69, 9.17) is 9.72 Å². The lowest BCUT2D eigenvalue weighted by atomic mass is 10.1. The highest BCUT2D eigenvalue weighted by atomic mass is 79.9. The van der Waals surface area contributed by atoms with Crippen molar-refractivity contribution in [2.24, 2.45) is 0 Å². The van der Waals surface area contributed by atoms with Crippen molar-refractivity contribution < 1.29 is 14.3 Å². The molecule has 162 valence electrons. The molecule has 0 fully saturated rings. The molecule has 0 radical (unpaired) electrons. The first-order valence-corrected chi connectivity index (χ1v) is 10.9. The summed E-state index contributed by atoms with van der Waals surface area (Å²) >= 11 is 3.36. The van der Waals surface area contributed by atoms with E-state index in [-0.39, 0.29) is 23.9 Å². The molecule has 2 aromatic heterocycles. The Bertz CT molecular complexity index is 1330. The molecule has 0 aliphatic heterocycles. The zero-order valence-corrected chi connectivity index (χ0v) is 19.4. The summed E-state index contributed by atoms with van der Waals surface area (Å²) < 4.78 is 7.48. The van der Waals surface area contributed by atoms with E-state index in [9.17, 15) is 9.59 Å². The Kier molecular flexibility index (Phi) is 6.05. The van der Waals surface area contributed by atoms with Gasteiger partial charge in [-0.25, -0.2) is 9.78 Å². The highest BCUT2D eigenvalue weighted by Crippen LogP contribution is 2.26. The van der Waals surface area contributed by atoms with Crippen molar-refractivity contribution in [3.8, 4) is 5.82 Å². The van der Waals surface area contributed by atoms with Gasteiger partial charge in [0.1, 0.15) is 5.56 Å². The molecule has 2 heterocycles. The number of para-hydroxylation sites is 1. The van der Waals surface area contributed by atoms with Crippen LogP contribution in [-0.4, -0.2) is 33.2 Å². The topological polar surface area (TPSA) is 86.1 Å². The smallest absolute Gasteiger partial charge is 0.343 e. The highest BCUT2D eigenvalue weighted by molar-refractivity contribution is 9.10. The van der Waals surface area contributed by atoms with Crippen LogP contribution in [0.3, 0.4) is 0 Å². The number of anilines is 1. The third-order valence-corrected chi connectivity index (χ3v) is 5.58. The molecule has 2 aromatic carbocycles. The molecule has 32 heavy (non-hydrogen) atoms. The number of aryl methyl sites for hydroxylation is 2. The number of carbonyl (C=O) groups excluding carboxylic acids is 2. The van der Waals surface area contributed by atoms with Crippen molar-refractivity contribution in [3.63, 3.8) is 0 Å². The van der Waals surface area contributed by atoms with Crippen molar-refractivity contribution in [1.82, 2.24) is 14.8 Å². The quantitative estimate of drug-likeness (QED) is 0.385. The van der Waals surface area contributed by atoms with Crippen molar-refractivity contribution in [2.75, 3.05) is 11.9 Å². The third-order valence-electron chi connectivity index (χ3n) is 5.05. The zero-order valence-electron chi connectivity index (χ0n) is 17.8. The maximum absolute atomic E-state index is 12.9. The Balaban J connectivity index is 1.83. The minimum atomic E-state index is -0.571. The maximum Gasteiger partial charge on any atom is 0.343 e. The predicted molar refractivity (Wildman–Crippen MR) is 126 cm³/mol. The first-order valence-electron chi connectivity index (χ1n) is 10.1. The van der Waals surface area contributed by atoms with Gasteiger partial charge in [0.25, 0.3) is 5.91 Å². The van der Waals surface area contributed by atoms with E-state index in [1.807, 2.05) is 38.1 Å². The summed E-state index contributed by atoms with van der Waals surface area (Å²) in [6.45, 7) is 5.90. The molecule has 0 saturated carbocycles. The summed E-state index contributed by atoms with van der Waals surface area (Å²) in [5, 5.41) is 8.21. The van der Waals surface area contributed by atoms with Gasteiger partial charge in [-0.1, -0.05) is 34.1 Å². The maximum atomic E-state index is 12.9. The molecule has 4 aromatic rings. The Morgan fingerprint density at radius 1 is 1.09 bits per heavy atom. The van der Waals surface area contributed by atoms with Gasteiger partial charge in [-0.2, -0.15) is 9.78 Å². The molecule has 0 aliphatic carbocycles. The van der Waals surface area contributed by atoms with Crippen LogP contribution >= 0.6 is 15.9 Å². The first-order chi connectivity index (χ1) is 15.4. The Hall–Kier alpha value is -3.52. The number of nitrogens with zero attached hydrogens (tertiary/aromatic N) is 3. The van der Waals surface area contributed by atoms with Gasteiger partial charge in [0.05, 0.1) is 18.3 Å². The molecule has 1 amide bonds. The van der Waals surface area contributed by atoms with Crippen LogP contribution in [0.1, 0.15) is 38.8 Å². The lowest BCUT2D eigenvalue weighted by molar-refractivity contribution is 0.0527. The Morgan fingerprint density at radius 3 is 2.56 bits per heavy atom. The standard InChI is InChI=1S/C24H21BrN4O3/c1-4-32-24(31)19-13-26-29(22(19)28-23(30)16-8-10-17(25)11-9-16)20-12-15(3)18-7-5-6-14(2)21(18)27-20/h5-13H,4H2,1-3H3,(H,28,30). The van der Waals surface area contributed by atoms with Crippen molar-refractivity contribution >= 4 is 44.5 Å². The summed E-state index contributed by atoms with van der Waals surface area (Å²) in [7, 11) is 0. The number of benzene rings is 2. The number of halogens is 1. The zero-order chi connectivity index (χ0) is 22.8. The molecule has 7 nitrogen and oxygen atoms in total. The summed E-state index contributed by atoms with van der Waals surface area (Å²) in [5.74, 6) is -0.251. The molecule has 0 spiro atoms. The van der Waals surface area contributed by atoms with E-state index < -0.39 is 5.97 Å². The number of amides is 1. The average molecular weight is 493 g/mol. The molecular formula is C24H21BrN4O3. The van der Waals surface area contributed by atoms with Crippen molar-refractivity contribution in [1.29, 1.82) is 0 Å². The lowest BCUT2D eigenvalue weighted by Crippen LogP contribution is -2.18. The van der Waals surface area contributed by atoms with Crippen LogP contribution in [0.4, 0.5) is 5.82 Å². The number of carbonyl (C=O) groups is 2. The summed E-state index contributed by atoms with van der Waals surface area (Å²) in [4.78, 5) is 30.3. The average Bonchev–Trinajstić information content (AvgIpc) is 3.18. The highest BCUT2D eigenvalue weighted by Gasteiger charge is 2.23. The molecule has 4 rings (SSSR count). The number of ether oxygens (including phenoxy) is 1. The van der Waals surface area contributed by atoms with Crippen molar-refractivity contribution in [2.45, 2.75) is 20.8 Å². The van der Waals surface area contributed by atoms with Gasteiger partial charge >= 0.3 is 5.97 Å². The van der Waals surface area contributed by atoms with Crippen LogP contribution in [0.25, 0.3) is 16.7 Å². The van der Waals surface area contributed by atoms with Gasteiger partial charge in [-0.05, 0) is 62.2 Å². The number of aromatic nitrogens is 3. The van der Waals surface area contributed by atoms with Gasteiger partial charge in [0.15, 0.2) is 11.6 Å². The molecule has 0 atom stereocenters. The molecule has 0 aliphatic rings. The van der Waals surface area contributed by atoms with E-state index in [1.165, 1.54) is 10.9 Å². The molecule has 1 N–H and O–H groups in total. The summed E-state index contributed by atoms with van der Waals surface area (Å²) in [5.41, 5.74) is 3.45. The van der Waals surface area contributed by atoms with Crippen LogP contribution in [0.2, 0.25) is 0 Å². The largest absolute Gasteiger partial charge is 0.462 e. The second-order valence-corrected chi connectivity index (χ2v) is 8.18. The number of hydrogen-bond donors (Lipinski definition) is 1. The van der Waals surface area contributed by atoms with Crippen molar-refractivity contribution in [3.05, 3.63) is 81.5 Å². The van der Waals surface area contributed by atoms with Crippen LogP contribution in [-0.2, 0) is 4.74 Å². The number of nitrogens with one attached hydrogen (secondary N) is 1. The van der Waals surface area contributed by atoms with E-state index in [1.54, 1.807) is 31.2 Å². The van der Waals surface area contributed by atoms with Crippen LogP contribution in [0.5, 0.6) is 0 Å².